The van der Waals surface area contributed by atoms with Crippen LogP contribution < -0.4 is 10.1 Å². The molecule has 0 bridgehead atoms. The lowest BCUT2D eigenvalue weighted by atomic mass is 10.0. The fraction of sp³-hybridized carbons (Fsp3) is 0.333. The van der Waals surface area contributed by atoms with Gasteiger partial charge >= 0.3 is 0 Å². The van der Waals surface area contributed by atoms with Crippen LogP contribution in [-0.4, -0.2) is 35.4 Å². The topological polar surface area (TPSA) is 58.6 Å². The van der Waals surface area contributed by atoms with Crippen molar-refractivity contribution < 1.29 is 14.3 Å². The molecule has 5 nitrogen and oxygen atoms in total. The van der Waals surface area contributed by atoms with Crippen LogP contribution in [0.3, 0.4) is 0 Å². The summed E-state index contributed by atoms with van der Waals surface area (Å²) in [7, 11) is 0. The highest BCUT2D eigenvalue weighted by Gasteiger charge is 2.31. The Kier molecular flexibility index (Phi) is 10.0. The second kappa shape index (κ2) is 13.0. The zero-order valence-corrected chi connectivity index (χ0v) is 23.5. The normalized spacial score (nSPS) is 11.8. The van der Waals surface area contributed by atoms with Crippen molar-refractivity contribution in [2.24, 2.45) is 0 Å². The minimum absolute atomic E-state index is 0.0870. The van der Waals surface area contributed by atoms with Crippen molar-refractivity contribution in [3.05, 3.63) is 98.5 Å². The van der Waals surface area contributed by atoms with Crippen LogP contribution in [0.2, 0.25) is 10.0 Å². The lowest BCUT2D eigenvalue weighted by Crippen LogP contribution is -2.52. The highest BCUT2D eigenvalue weighted by atomic mass is 35.5. The predicted molar refractivity (Wildman–Crippen MR) is 150 cm³/mol. The van der Waals surface area contributed by atoms with Gasteiger partial charge < -0.3 is 15.0 Å². The number of benzene rings is 3. The summed E-state index contributed by atoms with van der Waals surface area (Å²) in [6.45, 7) is 9.67. The molecule has 0 radical (unpaired) electrons. The molecule has 0 heterocycles. The lowest BCUT2D eigenvalue weighted by Gasteiger charge is -2.32. The van der Waals surface area contributed by atoms with Gasteiger partial charge in [0.05, 0.1) is 0 Å². The summed E-state index contributed by atoms with van der Waals surface area (Å²) in [5, 5.41) is 3.91. The number of halogens is 2. The first-order valence-corrected chi connectivity index (χ1v) is 13.1. The Morgan fingerprint density at radius 3 is 2.32 bits per heavy atom. The van der Waals surface area contributed by atoms with Crippen molar-refractivity contribution in [2.45, 2.75) is 59.7 Å². The van der Waals surface area contributed by atoms with Crippen LogP contribution in [0.15, 0.2) is 60.7 Å². The fourth-order valence-electron chi connectivity index (χ4n) is 4.14. The van der Waals surface area contributed by atoms with Crippen LogP contribution in [0, 0.1) is 20.8 Å². The predicted octanol–water partition coefficient (Wildman–Crippen LogP) is 6.46. The molecule has 2 amide bonds. The van der Waals surface area contributed by atoms with Crippen molar-refractivity contribution in [3.8, 4) is 5.75 Å². The quantitative estimate of drug-likeness (QED) is 0.321. The highest BCUT2D eigenvalue weighted by Crippen LogP contribution is 2.26. The number of nitrogens with one attached hydrogen (secondary N) is 1. The van der Waals surface area contributed by atoms with E-state index in [0.717, 1.165) is 22.3 Å². The lowest BCUT2D eigenvalue weighted by molar-refractivity contribution is -0.143. The molecule has 3 rings (SSSR count). The van der Waals surface area contributed by atoms with E-state index in [9.17, 15) is 9.59 Å². The Bertz CT molecular complexity index is 1250. The van der Waals surface area contributed by atoms with E-state index in [-0.39, 0.29) is 31.0 Å². The van der Waals surface area contributed by atoms with Crippen LogP contribution >= 0.6 is 23.2 Å². The number of aryl methyl sites for hydroxylation is 2. The average Bonchev–Trinajstić information content (AvgIpc) is 2.83. The first-order chi connectivity index (χ1) is 17.5. The van der Waals surface area contributed by atoms with Crippen molar-refractivity contribution >= 4 is 35.0 Å². The Balaban J connectivity index is 1.97. The number of hydrogen-bond acceptors (Lipinski definition) is 3. The van der Waals surface area contributed by atoms with Gasteiger partial charge in [0.15, 0.2) is 6.61 Å². The summed E-state index contributed by atoms with van der Waals surface area (Å²) in [6, 6.07) is 17.9. The molecule has 0 spiro atoms. The summed E-state index contributed by atoms with van der Waals surface area (Å²) in [6.07, 6.45) is 0.346. The van der Waals surface area contributed by atoms with E-state index in [2.05, 4.69) is 11.4 Å². The summed E-state index contributed by atoms with van der Waals surface area (Å²) in [5.41, 5.74) is 4.75. The van der Waals surface area contributed by atoms with Gasteiger partial charge in [0, 0.05) is 29.1 Å². The zero-order valence-electron chi connectivity index (χ0n) is 22.0. The Hall–Kier alpha value is -3.02. The second-order valence-electron chi connectivity index (χ2n) is 9.62. The summed E-state index contributed by atoms with van der Waals surface area (Å²) in [4.78, 5) is 28.8. The van der Waals surface area contributed by atoms with Gasteiger partial charge in [0.2, 0.25) is 5.91 Å². The Labute approximate surface area is 229 Å². The molecule has 7 heteroatoms. The number of rotatable bonds is 10. The van der Waals surface area contributed by atoms with Crippen molar-refractivity contribution in [1.29, 1.82) is 0 Å². The van der Waals surface area contributed by atoms with Gasteiger partial charge in [-0.3, -0.25) is 9.59 Å². The van der Waals surface area contributed by atoms with Gasteiger partial charge in [-0.25, -0.2) is 0 Å². The van der Waals surface area contributed by atoms with Gasteiger partial charge in [-0.05, 0) is 80.6 Å². The molecule has 3 aromatic rings. The van der Waals surface area contributed by atoms with E-state index in [1.165, 1.54) is 0 Å². The minimum Gasteiger partial charge on any atom is -0.483 e. The molecule has 1 unspecified atom stereocenters. The van der Waals surface area contributed by atoms with E-state index in [0.29, 0.717) is 27.8 Å². The molecule has 0 aliphatic carbocycles. The largest absolute Gasteiger partial charge is 0.483 e. The molecular formula is C30H34Cl2N2O3. The first-order valence-electron chi connectivity index (χ1n) is 12.3. The summed E-state index contributed by atoms with van der Waals surface area (Å²) < 4.78 is 6.01. The average molecular weight is 542 g/mol. The Morgan fingerprint density at radius 1 is 0.973 bits per heavy atom. The van der Waals surface area contributed by atoms with Gasteiger partial charge in [-0.1, -0.05) is 65.7 Å². The minimum atomic E-state index is -0.770. The maximum absolute atomic E-state index is 13.8. The molecular weight excluding hydrogens is 507 g/mol. The van der Waals surface area contributed by atoms with Crippen LogP contribution in [-0.2, 0) is 22.6 Å². The Morgan fingerprint density at radius 2 is 1.68 bits per heavy atom. The van der Waals surface area contributed by atoms with Crippen molar-refractivity contribution in [1.82, 2.24) is 10.2 Å². The molecule has 196 valence electrons. The number of carbonyl (C=O) groups excluding carboxylic acids is 2. The number of ether oxygens (including phenoxy) is 1. The van der Waals surface area contributed by atoms with E-state index >= 15 is 0 Å². The van der Waals surface area contributed by atoms with Crippen LogP contribution in [0.25, 0.3) is 0 Å². The van der Waals surface area contributed by atoms with Gasteiger partial charge in [-0.2, -0.15) is 0 Å². The first kappa shape index (κ1) is 28.5. The third-order valence-corrected chi connectivity index (χ3v) is 6.76. The zero-order chi connectivity index (χ0) is 27.1. The number of hydrogen-bond donors (Lipinski definition) is 1. The monoisotopic (exact) mass is 540 g/mol. The smallest absolute Gasteiger partial charge is 0.261 e. The van der Waals surface area contributed by atoms with Gasteiger partial charge in [0.25, 0.3) is 5.91 Å². The number of nitrogens with zero attached hydrogens (tertiary/aromatic N) is 1. The summed E-state index contributed by atoms with van der Waals surface area (Å²) in [5.74, 6) is 0.103. The summed E-state index contributed by atoms with van der Waals surface area (Å²) >= 11 is 12.6. The van der Waals surface area contributed by atoms with Crippen molar-refractivity contribution in [3.63, 3.8) is 0 Å². The molecule has 1 N–H and O–H groups in total. The fourth-order valence-corrected chi connectivity index (χ4v) is 4.61. The van der Waals surface area contributed by atoms with E-state index in [4.69, 9.17) is 27.9 Å². The molecule has 0 aromatic heterocycles. The van der Waals surface area contributed by atoms with Crippen LogP contribution in [0.5, 0.6) is 5.75 Å². The molecule has 0 saturated heterocycles. The third-order valence-electron chi connectivity index (χ3n) is 6.17. The van der Waals surface area contributed by atoms with E-state index < -0.39 is 6.04 Å². The standard InChI is InChI=1S/C30H34Cl2N2O3/c1-19(2)33-30(36)27(15-23-9-7-6-8-10-23)34(17-24-11-12-25(31)16-26(24)32)29(35)18-37-28-14-20(3)13-21(4)22(28)5/h6-14,16,19,27H,15,17-18H2,1-5H3,(H,33,36). The maximum Gasteiger partial charge on any atom is 0.261 e. The molecule has 0 saturated carbocycles. The molecule has 1 atom stereocenters. The molecule has 0 aliphatic heterocycles. The van der Waals surface area contributed by atoms with Gasteiger partial charge in [-0.15, -0.1) is 0 Å². The van der Waals surface area contributed by atoms with Crippen LogP contribution in [0.4, 0.5) is 0 Å². The van der Waals surface area contributed by atoms with Gasteiger partial charge in [0.1, 0.15) is 11.8 Å². The molecule has 0 aliphatic rings. The molecule has 3 aromatic carbocycles. The van der Waals surface area contributed by atoms with Crippen LogP contribution in [0.1, 0.15) is 41.7 Å². The maximum atomic E-state index is 13.8. The van der Waals surface area contributed by atoms with Crippen molar-refractivity contribution in [2.75, 3.05) is 6.61 Å². The van der Waals surface area contributed by atoms with E-state index in [1.54, 1.807) is 23.1 Å². The number of amides is 2. The molecule has 0 fully saturated rings. The van der Waals surface area contributed by atoms with E-state index in [1.807, 2.05) is 71.0 Å². The molecule has 37 heavy (non-hydrogen) atoms. The number of carbonyl (C=O) groups is 2. The SMILES string of the molecule is Cc1cc(C)c(C)c(OCC(=O)N(Cc2ccc(Cl)cc2Cl)C(Cc2ccccc2)C(=O)NC(C)C)c1. The second-order valence-corrected chi connectivity index (χ2v) is 10.5. The third kappa shape index (κ3) is 7.98. The highest BCUT2D eigenvalue weighted by molar-refractivity contribution is 6.35.